The molecule has 1 fully saturated rings. The molecule has 0 aliphatic carbocycles. The Bertz CT molecular complexity index is 596. The van der Waals surface area contributed by atoms with Crippen molar-refractivity contribution in [1.82, 2.24) is 25.0 Å². The first-order valence-electron chi connectivity index (χ1n) is 8.12. The second-order valence-electron chi connectivity index (χ2n) is 5.98. The lowest BCUT2D eigenvalue weighted by molar-refractivity contribution is -0.127. The quantitative estimate of drug-likeness (QED) is 0.872. The molecular formula is C16H23N5O2. The lowest BCUT2D eigenvalue weighted by atomic mass is 9.99. The summed E-state index contributed by atoms with van der Waals surface area (Å²) in [4.78, 5) is 18.7. The number of carbonyl (C=O) groups excluding carboxylic acids is 1. The van der Waals surface area contributed by atoms with Gasteiger partial charge in [-0.1, -0.05) is 6.42 Å². The molecule has 124 valence electrons. The maximum absolute atomic E-state index is 12.5. The van der Waals surface area contributed by atoms with Gasteiger partial charge in [-0.05, 0) is 38.4 Å². The van der Waals surface area contributed by atoms with E-state index in [1.54, 1.807) is 18.9 Å². The first-order chi connectivity index (χ1) is 11.2. The van der Waals surface area contributed by atoms with Crippen LogP contribution >= 0.6 is 0 Å². The number of nitrogens with one attached hydrogen (secondary N) is 1. The van der Waals surface area contributed by atoms with E-state index in [1.165, 1.54) is 6.42 Å². The van der Waals surface area contributed by atoms with E-state index in [0.29, 0.717) is 12.6 Å². The molecule has 0 saturated carbocycles. The SMILES string of the molecule is C[C@H](C(=O)NCc1ccco1)N1CCCC[C@@H]1Cn1cncn1. The Morgan fingerprint density at radius 1 is 1.52 bits per heavy atom. The van der Waals surface area contributed by atoms with Crippen molar-refractivity contribution in [3.63, 3.8) is 0 Å². The van der Waals surface area contributed by atoms with Crippen LogP contribution in [-0.4, -0.2) is 44.2 Å². The number of hydrogen-bond donors (Lipinski definition) is 1. The summed E-state index contributed by atoms with van der Waals surface area (Å²) in [5.41, 5.74) is 0. The van der Waals surface area contributed by atoms with Crippen LogP contribution in [0.25, 0.3) is 0 Å². The lowest BCUT2D eigenvalue weighted by Crippen LogP contribution is -2.52. The molecule has 3 heterocycles. The Kier molecular flexibility index (Phi) is 5.07. The largest absolute Gasteiger partial charge is 0.467 e. The van der Waals surface area contributed by atoms with E-state index in [1.807, 2.05) is 23.7 Å². The third-order valence-electron chi connectivity index (χ3n) is 4.43. The predicted molar refractivity (Wildman–Crippen MR) is 84.4 cm³/mol. The van der Waals surface area contributed by atoms with Crippen LogP contribution in [0.4, 0.5) is 0 Å². The van der Waals surface area contributed by atoms with Crippen molar-refractivity contribution in [2.24, 2.45) is 0 Å². The summed E-state index contributed by atoms with van der Waals surface area (Å²) < 4.78 is 7.10. The summed E-state index contributed by atoms with van der Waals surface area (Å²) in [7, 11) is 0. The minimum atomic E-state index is -0.168. The molecule has 0 bridgehead atoms. The number of carbonyl (C=O) groups is 1. The first-order valence-corrected chi connectivity index (χ1v) is 8.12. The average Bonchev–Trinajstić information content (AvgIpc) is 3.26. The number of aromatic nitrogens is 3. The number of likely N-dealkylation sites (tertiary alicyclic amines) is 1. The van der Waals surface area contributed by atoms with Gasteiger partial charge in [0.25, 0.3) is 0 Å². The van der Waals surface area contributed by atoms with E-state index in [2.05, 4.69) is 20.3 Å². The fourth-order valence-corrected chi connectivity index (χ4v) is 3.16. The monoisotopic (exact) mass is 317 g/mol. The van der Waals surface area contributed by atoms with Crippen LogP contribution in [0.5, 0.6) is 0 Å². The Morgan fingerprint density at radius 2 is 2.43 bits per heavy atom. The minimum absolute atomic E-state index is 0.0342. The van der Waals surface area contributed by atoms with Crippen molar-refractivity contribution < 1.29 is 9.21 Å². The van der Waals surface area contributed by atoms with Crippen molar-refractivity contribution in [3.05, 3.63) is 36.8 Å². The number of rotatable bonds is 6. The molecule has 7 nitrogen and oxygen atoms in total. The summed E-state index contributed by atoms with van der Waals surface area (Å²) in [5, 5.41) is 7.14. The molecule has 1 amide bonds. The number of nitrogens with zero attached hydrogens (tertiary/aromatic N) is 4. The van der Waals surface area contributed by atoms with Gasteiger partial charge < -0.3 is 9.73 Å². The van der Waals surface area contributed by atoms with Gasteiger partial charge in [0, 0.05) is 6.04 Å². The maximum atomic E-state index is 12.5. The standard InChI is InChI=1S/C16H23N5O2/c1-13(16(22)18-9-15-6-4-8-23-15)21-7-3-2-5-14(21)10-20-12-17-11-19-20/h4,6,8,11-14H,2-3,5,7,9-10H2,1H3,(H,18,22)/t13-,14-/m1/s1. The number of hydrogen-bond acceptors (Lipinski definition) is 5. The van der Waals surface area contributed by atoms with E-state index in [-0.39, 0.29) is 11.9 Å². The number of furan rings is 1. The topological polar surface area (TPSA) is 76.2 Å². The van der Waals surface area contributed by atoms with Crippen molar-refractivity contribution in [3.8, 4) is 0 Å². The highest BCUT2D eigenvalue weighted by molar-refractivity contribution is 5.81. The van der Waals surface area contributed by atoms with Gasteiger partial charge in [-0.15, -0.1) is 0 Å². The van der Waals surface area contributed by atoms with Gasteiger partial charge in [-0.25, -0.2) is 4.98 Å². The zero-order valence-corrected chi connectivity index (χ0v) is 13.4. The van der Waals surface area contributed by atoms with Crippen LogP contribution in [0.1, 0.15) is 31.9 Å². The molecule has 0 spiro atoms. The van der Waals surface area contributed by atoms with Crippen LogP contribution < -0.4 is 5.32 Å². The summed E-state index contributed by atoms with van der Waals surface area (Å²) in [6.45, 7) is 4.11. The molecule has 1 N–H and O–H groups in total. The molecule has 0 unspecified atom stereocenters. The zero-order chi connectivity index (χ0) is 16.1. The van der Waals surface area contributed by atoms with Crippen LogP contribution in [0.15, 0.2) is 35.5 Å². The van der Waals surface area contributed by atoms with E-state index in [0.717, 1.165) is 31.7 Å². The van der Waals surface area contributed by atoms with E-state index >= 15 is 0 Å². The second kappa shape index (κ2) is 7.41. The Morgan fingerprint density at radius 3 is 3.17 bits per heavy atom. The smallest absolute Gasteiger partial charge is 0.237 e. The maximum Gasteiger partial charge on any atom is 0.237 e. The second-order valence-corrected chi connectivity index (χ2v) is 5.98. The Balaban J connectivity index is 1.58. The molecule has 3 rings (SSSR count). The molecule has 1 aliphatic heterocycles. The number of amides is 1. The average molecular weight is 317 g/mol. The van der Waals surface area contributed by atoms with Crippen LogP contribution in [0, 0.1) is 0 Å². The van der Waals surface area contributed by atoms with Gasteiger partial charge in [0.2, 0.25) is 5.91 Å². The normalized spacial score (nSPS) is 20.3. The summed E-state index contributed by atoms with van der Waals surface area (Å²) in [5.74, 6) is 0.801. The third-order valence-corrected chi connectivity index (χ3v) is 4.43. The molecule has 2 atom stereocenters. The highest BCUT2D eigenvalue weighted by atomic mass is 16.3. The molecule has 23 heavy (non-hydrogen) atoms. The fraction of sp³-hybridized carbons (Fsp3) is 0.562. The van der Waals surface area contributed by atoms with Crippen molar-refractivity contribution in [2.75, 3.05) is 6.54 Å². The van der Waals surface area contributed by atoms with E-state index < -0.39 is 0 Å². The first kappa shape index (κ1) is 15.7. The molecule has 7 heteroatoms. The van der Waals surface area contributed by atoms with Gasteiger partial charge in [-0.2, -0.15) is 5.10 Å². The van der Waals surface area contributed by atoms with Gasteiger partial charge in [-0.3, -0.25) is 14.4 Å². The van der Waals surface area contributed by atoms with Crippen molar-refractivity contribution >= 4 is 5.91 Å². The minimum Gasteiger partial charge on any atom is -0.467 e. The van der Waals surface area contributed by atoms with E-state index in [9.17, 15) is 4.79 Å². The molecule has 1 aliphatic rings. The molecule has 0 aromatic carbocycles. The Hall–Kier alpha value is -2.15. The van der Waals surface area contributed by atoms with E-state index in [4.69, 9.17) is 4.42 Å². The highest BCUT2D eigenvalue weighted by Crippen LogP contribution is 2.21. The molecule has 0 radical (unpaired) electrons. The van der Waals surface area contributed by atoms with Crippen LogP contribution in [0.3, 0.4) is 0 Å². The summed E-state index contributed by atoms with van der Waals surface area (Å²) >= 11 is 0. The molecular weight excluding hydrogens is 294 g/mol. The van der Waals surface area contributed by atoms with Gasteiger partial charge >= 0.3 is 0 Å². The third kappa shape index (κ3) is 3.98. The summed E-state index contributed by atoms with van der Waals surface area (Å²) in [6.07, 6.45) is 8.29. The lowest BCUT2D eigenvalue weighted by Gasteiger charge is -2.39. The molecule has 1 saturated heterocycles. The highest BCUT2D eigenvalue weighted by Gasteiger charge is 2.30. The van der Waals surface area contributed by atoms with Crippen LogP contribution in [-0.2, 0) is 17.9 Å². The van der Waals surface area contributed by atoms with Gasteiger partial charge in [0.15, 0.2) is 0 Å². The predicted octanol–water partition coefficient (Wildman–Crippen LogP) is 1.43. The van der Waals surface area contributed by atoms with Crippen molar-refractivity contribution in [1.29, 1.82) is 0 Å². The Labute approximate surface area is 135 Å². The molecule has 2 aromatic rings. The van der Waals surface area contributed by atoms with Crippen LogP contribution in [0.2, 0.25) is 0 Å². The number of piperidine rings is 1. The fourth-order valence-electron chi connectivity index (χ4n) is 3.16. The zero-order valence-electron chi connectivity index (χ0n) is 13.4. The van der Waals surface area contributed by atoms with Gasteiger partial charge in [0.1, 0.15) is 18.4 Å². The van der Waals surface area contributed by atoms with Gasteiger partial charge in [0.05, 0.1) is 25.4 Å². The van der Waals surface area contributed by atoms with Crippen molar-refractivity contribution in [2.45, 2.75) is 51.4 Å². The molecule has 2 aromatic heterocycles. The summed E-state index contributed by atoms with van der Waals surface area (Å²) in [6, 6.07) is 3.83.